The third-order valence-corrected chi connectivity index (χ3v) is 5.75. The molecule has 3 N–H and O–H groups in total. The van der Waals surface area contributed by atoms with E-state index in [-0.39, 0.29) is 24.3 Å². The largest absolute Gasteiger partial charge is 0.507 e. The van der Waals surface area contributed by atoms with Gasteiger partial charge in [0.2, 0.25) is 0 Å². The van der Waals surface area contributed by atoms with Crippen LogP contribution in [-0.4, -0.2) is 44.4 Å². The third kappa shape index (κ3) is 3.28. The highest BCUT2D eigenvalue weighted by Gasteiger charge is 2.42. The van der Waals surface area contributed by atoms with Gasteiger partial charge in [0.15, 0.2) is 0 Å². The van der Waals surface area contributed by atoms with Gasteiger partial charge < -0.3 is 15.1 Å². The predicted octanol–water partition coefficient (Wildman–Crippen LogP) is 3.98. The Morgan fingerprint density at radius 2 is 1.93 bits per heavy atom. The fourth-order valence-electron chi connectivity index (χ4n) is 3.82. The molecule has 1 aliphatic heterocycles. The zero-order chi connectivity index (χ0) is 20.7. The number of H-pyrrole nitrogens is 1. The van der Waals surface area contributed by atoms with E-state index in [1.807, 2.05) is 38.1 Å². The highest BCUT2D eigenvalue weighted by Crippen LogP contribution is 2.45. The van der Waals surface area contributed by atoms with Crippen molar-refractivity contribution >= 4 is 17.5 Å². The molecule has 0 radical (unpaired) electrons. The van der Waals surface area contributed by atoms with Crippen molar-refractivity contribution in [1.29, 1.82) is 0 Å². The second-order valence-electron chi connectivity index (χ2n) is 7.37. The Hall–Kier alpha value is -2.83. The zero-order valence-corrected chi connectivity index (χ0v) is 17.0. The van der Waals surface area contributed by atoms with Crippen molar-refractivity contribution in [3.05, 3.63) is 69.4 Å². The van der Waals surface area contributed by atoms with Crippen molar-refractivity contribution in [2.75, 3.05) is 13.2 Å². The number of carbonyl (C=O) groups is 1. The number of aromatic hydroxyl groups is 1. The minimum atomic E-state index is -0.363. The molecule has 0 fully saturated rings. The number of rotatable bonds is 5. The van der Waals surface area contributed by atoms with Gasteiger partial charge in [0.25, 0.3) is 5.91 Å². The van der Waals surface area contributed by atoms with Crippen LogP contribution in [0.1, 0.15) is 45.2 Å². The lowest BCUT2D eigenvalue weighted by molar-refractivity contribution is 0.0732. The van der Waals surface area contributed by atoms with Crippen molar-refractivity contribution in [1.82, 2.24) is 15.1 Å². The van der Waals surface area contributed by atoms with Crippen LogP contribution in [0.4, 0.5) is 0 Å². The van der Waals surface area contributed by atoms with Gasteiger partial charge in [0.1, 0.15) is 17.1 Å². The lowest BCUT2D eigenvalue weighted by atomic mass is 9.94. The van der Waals surface area contributed by atoms with Crippen LogP contribution in [0.5, 0.6) is 5.75 Å². The van der Waals surface area contributed by atoms with Gasteiger partial charge in [-0.25, -0.2) is 0 Å². The minimum absolute atomic E-state index is 0.00218. The molecule has 2 aromatic carbocycles. The van der Waals surface area contributed by atoms with Crippen molar-refractivity contribution in [2.45, 2.75) is 26.3 Å². The molecule has 150 valence electrons. The Labute approximate surface area is 173 Å². The van der Waals surface area contributed by atoms with Crippen LogP contribution in [-0.2, 0) is 0 Å². The summed E-state index contributed by atoms with van der Waals surface area (Å²) in [7, 11) is 0. The number of nitrogens with zero attached hydrogens (tertiary/aromatic N) is 2. The van der Waals surface area contributed by atoms with Crippen LogP contribution in [0, 0.1) is 13.8 Å². The first-order valence-corrected chi connectivity index (χ1v) is 9.86. The summed E-state index contributed by atoms with van der Waals surface area (Å²) in [6, 6.07) is 10.9. The number of halogens is 1. The lowest BCUT2D eigenvalue weighted by Crippen LogP contribution is -2.31. The molecule has 0 spiro atoms. The topological polar surface area (TPSA) is 89.5 Å². The molecular weight excluding hydrogens is 390 g/mol. The number of aryl methyl sites for hydroxylation is 2. The molecular formula is C22H22ClN3O3. The quantitative estimate of drug-likeness (QED) is 0.592. The van der Waals surface area contributed by atoms with Crippen molar-refractivity contribution in [3.8, 4) is 17.0 Å². The number of aliphatic hydroxyl groups is 1. The standard InChI is InChI=1S/C22H22ClN3O3/c1-12-4-6-14(7-5-12)21-18-19(15-11-16(23)13(2)10-17(15)28)24-25-20(18)22(29)26(21)8-3-9-27/h4-7,10-11,21,27-28H,3,8-9H2,1-2H3,(H,24,25). The number of aromatic nitrogens is 2. The smallest absolute Gasteiger partial charge is 0.273 e. The van der Waals surface area contributed by atoms with Crippen LogP contribution >= 0.6 is 11.6 Å². The van der Waals surface area contributed by atoms with Gasteiger partial charge in [-0.05, 0) is 43.5 Å². The van der Waals surface area contributed by atoms with E-state index in [1.165, 1.54) is 0 Å². The van der Waals surface area contributed by atoms with E-state index in [0.29, 0.717) is 40.5 Å². The SMILES string of the molecule is Cc1ccc(C2c3c(-c4cc(Cl)c(C)cc4O)n[nH]c3C(=O)N2CCCO)cc1. The highest BCUT2D eigenvalue weighted by atomic mass is 35.5. The Bertz CT molecular complexity index is 1080. The summed E-state index contributed by atoms with van der Waals surface area (Å²) in [4.78, 5) is 14.8. The van der Waals surface area contributed by atoms with Gasteiger partial charge in [0.05, 0.1) is 6.04 Å². The summed E-state index contributed by atoms with van der Waals surface area (Å²) in [5.41, 5.74) is 4.93. The molecule has 29 heavy (non-hydrogen) atoms. The van der Waals surface area contributed by atoms with Gasteiger partial charge in [0, 0.05) is 29.3 Å². The van der Waals surface area contributed by atoms with E-state index < -0.39 is 0 Å². The number of phenolic OH excluding ortho intramolecular Hbond substituents is 1. The van der Waals surface area contributed by atoms with Crippen LogP contribution in [0.25, 0.3) is 11.3 Å². The fraction of sp³-hybridized carbons (Fsp3) is 0.273. The van der Waals surface area contributed by atoms with Crippen LogP contribution in [0.2, 0.25) is 5.02 Å². The summed E-state index contributed by atoms with van der Waals surface area (Å²) in [6.07, 6.45) is 0.475. The van der Waals surface area contributed by atoms with Gasteiger partial charge in [-0.3, -0.25) is 9.89 Å². The number of benzene rings is 2. The Morgan fingerprint density at radius 1 is 1.21 bits per heavy atom. The molecule has 2 heterocycles. The Kier molecular flexibility index (Phi) is 5.06. The molecule has 0 bridgehead atoms. The van der Waals surface area contributed by atoms with E-state index in [9.17, 15) is 15.0 Å². The monoisotopic (exact) mass is 411 g/mol. The number of aromatic amines is 1. The maximum Gasteiger partial charge on any atom is 0.273 e. The van der Waals surface area contributed by atoms with E-state index in [1.54, 1.807) is 17.0 Å². The van der Waals surface area contributed by atoms with E-state index in [0.717, 1.165) is 16.7 Å². The number of aliphatic hydroxyl groups excluding tert-OH is 1. The molecule has 6 nitrogen and oxygen atoms in total. The third-order valence-electron chi connectivity index (χ3n) is 5.35. The number of amides is 1. The van der Waals surface area contributed by atoms with Crippen LogP contribution in [0.3, 0.4) is 0 Å². The normalized spacial score (nSPS) is 15.8. The first-order chi connectivity index (χ1) is 13.9. The predicted molar refractivity (Wildman–Crippen MR) is 111 cm³/mol. The van der Waals surface area contributed by atoms with Gasteiger partial charge in [-0.15, -0.1) is 0 Å². The van der Waals surface area contributed by atoms with Crippen LogP contribution in [0.15, 0.2) is 36.4 Å². The van der Waals surface area contributed by atoms with Gasteiger partial charge in [-0.2, -0.15) is 5.10 Å². The number of phenols is 1. The molecule has 1 unspecified atom stereocenters. The summed E-state index contributed by atoms with van der Waals surface area (Å²) >= 11 is 6.30. The molecule has 1 atom stereocenters. The number of hydrogen-bond donors (Lipinski definition) is 3. The second kappa shape index (κ2) is 7.54. The molecule has 0 saturated carbocycles. The van der Waals surface area contributed by atoms with Gasteiger partial charge in [-0.1, -0.05) is 41.4 Å². The number of hydrogen-bond acceptors (Lipinski definition) is 4. The van der Waals surface area contributed by atoms with Crippen molar-refractivity contribution < 1.29 is 15.0 Å². The zero-order valence-electron chi connectivity index (χ0n) is 16.2. The molecule has 0 aliphatic carbocycles. The van der Waals surface area contributed by atoms with E-state index >= 15 is 0 Å². The van der Waals surface area contributed by atoms with E-state index in [2.05, 4.69) is 10.2 Å². The minimum Gasteiger partial charge on any atom is -0.507 e. The molecule has 3 aromatic rings. The average molecular weight is 412 g/mol. The summed E-state index contributed by atoms with van der Waals surface area (Å²) < 4.78 is 0. The maximum atomic E-state index is 13.1. The fourth-order valence-corrected chi connectivity index (χ4v) is 3.99. The molecule has 1 aromatic heterocycles. The number of fused-ring (bicyclic) bond motifs is 1. The summed E-state index contributed by atoms with van der Waals surface area (Å²) in [5, 5.41) is 27.6. The van der Waals surface area contributed by atoms with Gasteiger partial charge >= 0.3 is 0 Å². The average Bonchev–Trinajstić information content (AvgIpc) is 3.23. The molecule has 7 heteroatoms. The Balaban J connectivity index is 1.89. The second-order valence-corrected chi connectivity index (χ2v) is 7.78. The maximum absolute atomic E-state index is 13.1. The molecule has 1 aliphatic rings. The number of carbonyl (C=O) groups excluding carboxylic acids is 1. The van der Waals surface area contributed by atoms with Crippen molar-refractivity contribution in [2.24, 2.45) is 0 Å². The highest BCUT2D eigenvalue weighted by molar-refractivity contribution is 6.31. The first-order valence-electron chi connectivity index (χ1n) is 9.48. The number of nitrogens with one attached hydrogen (secondary N) is 1. The molecule has 4 rings (SSSR count). The molecule has 0 saturated heterocycles. The summed E-state index contributed by atoms with van der Waals surface area (Å²) in [5.74, 6) is -0.111. The van der Waals surface area contributed by atoms with Crippen LogP contribution < -0.4 is 0 Å². The van der Waals surface area contributed by atoms with E-state index in [4.69, 9.17) is 11.6 Å². The van der Waals surface area contributed by atoms with Crippen molar-refractivity contribution in [3.63, 3.8) is 0 Å². The molecule has 1 amide bonds. The first kappa shape index (κ1) is 19.5. The Morgan fingerprint density at radius 3 is 2.62 bits per heavy atom. The summed E-state index contributed by atoms with van der Waals surface area (Å²) in [6.45, 7) is 4.23. The lowest BCUT2D eigenvalue weighted by Gasteiger charge is -2.26.